The third-order valence-corrected chi connectivity index (χ3v) is 3.09. The van der Waals surface area contributed by atoms with Crippen LogP contribution in [0.3, 0.4) is 0 Å². The lowest BCUT2D eigenvalue weighted by atomic mass is 10.3. The Bertz CT molecular complexity index is 191. The zero-order chi connectivity index (χ0) is 10.5. The van der Waals surface area contributed by atoms with E-state index in [1.54, 1.807) is 0 Å². The van der Waals surface area contributed by atoms with Crippen LogP contribution in [0.4, 0.5) is 0 Å². The molecule has 5 heteroatoms. The summed E-state index contributed by atoms with van der Waals surface area (Å²) < 4.78 is 11.1. The topological polar surface area (TPSA) is 47.7 Å². The van der Waals surface area contributed by atoms with Crippen molar-refractivity contribution in [3.8, 4) is 0 Å². The molecule has 2 aliphatic rings. The summed E-state index contributed by atoms with van der Waals surface area (Å²) in [6, 6.07) is 0. The summed E-state index contributed by atoms with van der Waals surface area (Å²) in [4.78, 5) is 2.38. The minimum atomic E-state index is 0. The Morgan fingerprint density at radius 1 is 1.38 bits per heavy atom. The van der Waals surface area contributed by atoms with Crippen LogP contribution < -0.4 is 5.73 Å². The first-order valence-corrected chi connectivity index (χ1v) is 6.00. The Morgan fingerprint density at radius 3 is 2.88 bits per heavy atom. The van der Waals surface area contributed by atoms with Gasteiger partial charge in [-0.3, -0.25) is 4.90 Å². The first-order chi connectivity index (χ1) is 7.38. The Hall–Kier alpha value is 0.130. The maximum atomic E-state index is 5.62. The number of rotatable bonds is 6. The lowest BCUT2D eigenvalue weighted by molar-refractivity contribution is -0.0317. The molecule has 1 unspecified atom stereocenters. The molecule has 96 valence electrons. The average molecular weight is 251 g/mol. The minimum Gasteiger partial charge on any atom is -0.380 e. The van der Waals surface area contributed by atoms with E-state index < -0.39 is 0 Å². The Kier molecular flexibility index (Phi) is 6.61. The molecule has 2 rings (SSSR count). The first kappa shape index (κ1) is 14.2. The molecule has 4 nitrogen and oxygen atoms in total. The number of nitrogens with two attached hydrogens (primary N) is 1. The number of morpholine rings is 1. The first-order valence-electron chi connectivity index (χ1n) is 6.00. The maximum absolute atomic E-state index is 5.62. The van der Waals surface area contributed by atoms with Crippen LogP contribution in [0.25, 0.3) is 0 Å². The molecule has 16 heavy (non-hydrogen) atoms. The summed E-state index contributed by atoms with van der Waals surface area (Å²) in [5.41, 5.74) is 5.59. The van der Waals surface area contributed by atoms with Crippen LogP contribution in [0.5, 0.6) is 0 Å². The third-order valence-electron chi connectivity index (χ3n) is 3.09. The van der Waals surface area contributed by atoms with Crippen LogP contribution in [0.15, 0.2) is 0 Å². The fraction of sp³-hybridized carbons (Fsp3) is 1.00. The molecule has 1 aliphatic heterocycles. The summed E-state index contributed by atoms with van der Waals surface area (Å²) >= 11 is 0. The van der Waals surface area contributed by atoms with E-state index in [2.05, 4.69) is 4.90 Å². The SMILES string of the molecule is Cl.NCC1CN(CCOCC2CC2)CCO1. The molecule has 0 aromatic heterocycles. The van der Waals surface area contributed by atoms with E-state index in [4.69, 9.17) is 15.2 Å². The number of nitrogens with zero attached hydrogens (tertiary/aromatic N) is 1. The van der Waals surface area contributed by atoms with Crippen molar-refractivity contribution in [2.24, 2.45) is 11.7 Å². The third kappa shape index (κ3) is 4.97. The molecular weight excluding hydrogens is 228 g/mol. The van der Waals surface area contributed by atoms with Crippen LogP contribution in [-0.4, -0.2) is 57.0 Å². The second kappa shape index (κ2) is 7.45. The van der Waals surface area contributed by atoms with Gasteiger partial charge in [0.05, 0.1) is 19.3 Å². The van der Waals surface area contributed by atoms with Gasteiger partial charge in [-0.2, -0.15) is 0 Å². The quantitative estimate of drug-likeness (QED) is 0.698. The van der Waals surface area contributed by atoms with Crippen molar-refractivity contribution in [1.82, 2.24) is 4.90 Å². The Labute approximate surface area is 104 Å². The summed E-state index contributed by atoms with van der Waals surface area (Å²) in [7, 11) is 0. The Morgan fingerprint density at radius 2 is 2.19 bits per heavy atom. The molecule has 0 aromatic carbocycles. The predicted molar refractivity (Wildman–Crippen MR) is 66.0 cm³/mol. The van der Waals surface area contributed by atoms with Crippen LogP contribution in [0.1, 0.15) is 12.8 Å². The average Bonchev–Trinajstić information content (AvgIpc) is 3.09. The molecule has 0 spiro atoms. The summed E-state index contributed by atoms with van der Waals surface area (Å²) in [5, 5.41) is 0. The maximum Gasteiger partial charge on any atom is 0.0824 e. The lowest BCUT2D eigenvalue weighted by Gasteiger charge is -2.32. The van der Waals surface area contributed by atoms with E-state index in [9.17, 15) is 0 Å². The van der Waals surface area contributed by atoms with Crippen molar-refractivity contribution < 1.29 is 9.47 Å². The van der Waals surface area contributed by atoms with E-state index in [0.29, 0.717) is 6.54 Å². The number of hydrogen-bond acceptors (Lipinski definition) is 4. The van der Waals surface area contributed by atoms with E-state index in [1.807, 2.05) is 0 Å². The van der Waals surface area contributed by atoms with Gasteiger partial charge in [-0.15, -0.1) is 12.4 Å². The number of hydrogen-bond donors (Lipinski definition) is 1. The van der Waals surface area contributed by atoms with Crippen molar-refractivity contribution >= 4 is 12.4 Å². The van der Waals surface area contributed by atoms with Gasteiger partial charge < -0.3 is 15.2 Å². The van der Waals surface area contributed by atoms with Crippen LogP contribution in [0, 0.1) is 5.92 Å². The zero-order valence-electron chi connectivity index (χ0n) is 9.77. The second-order valence-electron chi connectivity index (χ2n) is 4.55. The molecule has 0 radical (unpaired) electrons. The normalized spacial score (nSPS) is 26.4. The van der Waals surface area contributed by atoms with Crippen molar-refractivity contribution in [2.75, 3.05) is 46.0 Å². The largest absolute Gasteiger partial charge is 0.380 e. The number of halogens is 1. The van der Waals surface area contributed by atoms with Gasteiger partial charge in [0, 0.05) is 32.8 Å². The predicted octanol–water partition coefficient (Wildman–Crippen LogP) is 0.494. The minimum absolute atomic E-state index is 0. The highest BCUT2D eigenvalue weighted by Gasteiger charge is 2.22. The van der Waals surface area contributed by atoms with E-state index >= 15 is 0 Å². The van der Waals surface area contributed by atoms with Crippen LogP contribution >= 0.6 is 12.4 Å². The molecule has 1 saturated carbocycles. The monoisotopic (exact) mass is 250 g/mol. The molecule has 0 amide bonds. The van der Waals surface area contributed by atoms with Gasteiger partial charge in [0.15, 0.2) is 0 Å². The molecule has 1 atom stereocenters. The summed E-state index contributed by atoms with van der Waals surface area (Å²) in [5.74, 6) is 0.867. The van der Waals surface area contributed by atoms with Gasteiger partial charge in [-0.05, 0) is 18.8 Å². The van der Waals surface area contributed by atoms with Crippen molar-refractivity contribution in [1.29, 1.82) is 0 Å². The zero-order valence-corrected chi connectivity index (χ0v) is 10.6. The van der Waals surface area contributed by atoms with Crippen LogP contribution in [0.2, 0.25) is 0 Å². The highest BCUT2D eigenvalue weighted by molar-refractivity contribution is 5.85. The smallest absolute Gasteiger partial charge is 0.0824 e. The van der Waals surface area contributed by atoms with Gasteiger partial charge in [-0.25, -0.2) is 0 Å². The lowest BCUT2D eigenvalue weighted by Crippen LogP contribution is -2.46. The van der Waals surface area contributed by atoms with Crippen molar-refractivity contribution in [3.63, 3.8) is 0 Å². The van der Waals surface area contributed by atoms with Crippen molar-refractivity contribution in [3.05, 3.63) is 0 Å². The fourth-order valence-corrected chi connectivity index (χ4v) is 1.85. The van der Waals surface area contributed by atoms with E-state index in [1.165, 1.54) is 12.8 Å². The highest BCUT2D eigenvalue weighted by atomic mass is 35.5. The fourth-order valence-electron chi connectivity index (χ4n) is 1.85. The van der Waals surface area contributed by atoms with Gasteiger partial charge in [0.1, 0.15) is 0 Å². The van der Waals surface area contributed by atoms with Gasteiger partial charge in [0.2, 0.25) is 0 Å². The molecule has 2 fully saturated rings. The molecule has 0 bridgehead atoms. The summed E-state index contributed by atoms with van der Waals surface area (Å²) in [6.07, 6.45) is 2.96. The van der Waals surface area contributed by atoms with E-state index in [0.717, 1.165) is 45.4 Å². The molecule has 1 aliphatic carbocycles. The van der Waals surface area contributed by atoms with Crippen LogP contribution in [-0.2, 0) is 9.47 Å². The van der Waals surface area contributed by atoms with Gasteiger partial charge >= 0.3 is 0 Å². The molecule has 1 heterocycles. The molecular formula is C11H23ClN2O2. The van der Waals surface area contributed by atoms with Gasteiger partial charge in [-0.1, -0.05) is 0 Å². The summed E-state index contributed by atoms with van der Waals surface area (Å²) in [6.45, 7) is 6.25. The standard InChI is InChI=1S/C11H22N2O2.ClH/c12-7-11-8-13(4-6-15-11)3-5-14-9-10-1-2-10;/h10-11H,1-9,12H2;1H. The van der Waals surface area contributed by atoms with E-state index in [-0.39, 0.29) is 18.5 Å². The second-order valence-corrected chi connectivity index (χ2v) is 4.55. The van der Waals surface area contributed by atoms with Crippen molar-refractivity contribution in [2.45, 2.75) is 18.9 Å². The number of ether oxygens (including phenoxy) is 2. The Balaban J connectivity index is 0.00000128. The molecule has 2 N–H and O–H groups in total. The van der Waals surface area contributed by atoms with Gasteiger partial charge in [0.25, 0.3) is 0 Å². The molecule has 1 saturated heterocycles. The molecule has 0 aromatic rings. The highest BCUT2D eigenvalue weighted by Crippen LogP contribution is 2.28.